The third kappa shape index (κ3) is 4.97. The second kappa shape index (κ2) is 10.0. The second-order valence-corrected chi connectivity index (χ2v) is 6.72. The summed E-state index contributed by atoms with van der Waals surface area (Å²) in [7, 11) is 1.93. The molecule has 0 spiro atoms. The van der Waals surface area contributed by atoms with Crippen LogP contribution in [0, 0.1) is 0 Å². The lowest BCUT2D eigenvalue weighted by atomic mass is 9.87. The van der Waals surface area contributed by atoms with E-state index in [-0.39, 0.29) is 24.6 Å². The van der Waals surface area contributed by atoms with Gasteiger partial charge >= 0.3 is 5.97 Å². The molecule has 0 radical (unpaired) electrons. The van der Waals surface area contributed by atoms with E-state index in [1.807, 2.05) is 49.5 Å². The maximum Gasteiger partial charge on any atom is 0.332 e. The number of nitrogens with one attached hydrogen (secondary N) is 1. The highest BCUT2D eigenvalue weighted by Gasteiger charge is 2.26. The summed E-state index contributed by atoms with van der Waals surface area (Å²) in [4.78, 5) is 11.9. The SMILES string of the molecule is CCOC(=O)CO[C@@H](c1ccccc1)[C@@H](CNC)c1ccc2ccccc2c1. The van der Waals surface area contributed by atoms with Crippen molar-refractivity contribution in [1.29, 1.82) is 0 Å². The quantitative estimate of drug-likeness (QED) is 0.559. The van der Waals surface area contributed by atoms with Gasteiger partial charge in [0.15, 0.2) is 0 Å². The molecule has 0 bridgehead atoms. The largest absolute Gasteiger partial charge is 0.464 e. The number of carbonyl (C=O) groups is 1. The summed E-state index contributed by atoms with van der Waals surface area (Å²) in [5.41, 5.74) is 2.21. The number of benzene rings is 3. The Morgan fingerprint density at radius 2 is 1.64 bits per heavy atom. The van der Waals surface area contributed by atoms with Gasteiger partial charge in [-0.15, -0.1) is 0 Å². The first kappa shape index (κ1) is 20.1. The average molecular weight is 377 g/mol. The zero-order valence-corrected chi connectivity index (χ0v) is 16.4. The molecule has 0 aliphatic carbocycles. The van der Waals surface area contributed by atoms with Crippen LogP contribution < -0.4 is 5.32 Å². The molecular weight excluding hydrogens is 350 g/mol. The van der Waals surface area contributed by atoms with Crippen LogP contribution in [0.3, 0.4) is 0 Å². The van der Waals surface area contributed by atoms with Crippen LogP contribution in [0.15, 0.2) is 72.8 Å². The van der Waals surface area contributed by atoms with E-state index in [1.54, 1.807) is 6.92 Å². The molecule has 0 saturated carbocycles. The summed E-state index contributed by atoms with van der Waals surface area (Å²) in [6, 6.07) is 24.9. The van der Waals surface area contributed by atoms with E-state index >= 15 is 0 Å². The lowest BCUT2D eigenvalue weighted by Gasteiger charge is -2.28. The van der Waals surface area contributed by atoms with Gasteiger partial charge in [-0.25, -0.2) is 4.79 Å². The molecule has 1 N–H and O–H groups in total. The predicted octanol–water partition coefficient (Wildman–Crippen LogP) is 4.46. The molecule has 3 aromatic rings. The third-order valence-corrected chi connectivity index (χ3v) is 4.81. The number of esters is 1. The average Bonchev–Trinajstić information content (AvgIpc) is 2.74. The standard InChI is InChI=1S/C24H27NO3/c1-3-27-23(26)17-28-24(19-10-5-4-6-11-19)22(16-25-2)21-14-13-18-9-7-8-12-20(18)15-21/h4-15,22,24-25H,3,16-17H2,1-2H3/t22-,24-/m0/s1. The van der Waals surface area contributed by atoms with Crippen molar-refractivity contribution in [3.8, 4) is 0 Å². The maximum absolute atomic E-state index is 11.9. The van der Waals surface area contributed by atoms with Crippen LogP contribution in [0.5, 0.6) is 0 Å². The van der Waals surface area contributed by atoms with Gasteiger partial charge in [0.25, 0.3) is 0 Å². The number of likely N-dealkylation sites (N-methyl/N-ethyl adjacent to an activating group) is 1. The van der Waals surface area contributed by atoms with Crippen molar-refractivity contribution in [2.24, 2.45) is 0 Å². The second-order valence-electron chi connectivity index (χ2n) is 6.72. The first-order valence-electron chi connectivity index (χ1n) is 9.68. The summed E-state index contributed by atoms with van der Waals surface area (Å²) in [6.07, 6.45) is -0.265. The smallest absolute Gasteiger partial charge is 0.332 e. The highest BCUT2D eigenvalue weighted by molar-refractivity contribution is 5.83. The Bertz CT molecular complexity index is 895. The van der Waals surface area contributed by atoms with Crippen molar-refractivity contribution in [3.05, 3.63) is 83.9 Å². The molecule has 0 unspecified atom stereocenters. The van der Waals surface area contributed by atoms with Gasteiger partial charge in [0, 0.05) is 12.5 Å². The fourth-order valence-corrected chi connectivity index (χ4v) is 3.51. The van der Waals surface area contributed by atoms with Gasteiger partial charge in [0.05, 0.1) is 12.7 Å². The van der Waals surface area contributed by atoms with E-state index in [1.165, 1.54) is 16.3 Å². The molecule has 3 aromatic carbocycles. The minimum absolute atomic E-state index is 0.0476. The summed E-state index contributed by atoms with van der Waals surface area (Å²) in [6.45, 7) is 2.80. The van der Waals surface area contributed by atoms with E-state index in [0.717, 1.165) is 12.1 Å². The van der Waals surface area contributed by atoms with Crippen molar-refractivity contribution in [1.82, 2.24) is 5.32 Å². The Hall–Kier alpha value is -2.69. The van der Waals surface area contributed by atoms with E-state index in [2.05, 4.69) is 35.6 Å². The van der Waals surface area contributed by atoms with Gasteiger partial charge in [-0.1, -0.05) is 72.8 Å². The number of rotatable bonds is 9. The minimum atomic E-state index is -0.342. The number of hydrogen-bond acceptors (Lipinski definition) is 4. The minimum Gasteiger partial charge on any atom is -0.464 e. The Balaban J connectivity index is 1.95. The molecule has 146 valence electrons. The molecular formula is C24H27NO3. The molecule has 28 heavy (non-hydrogen) atoms. The first-order valence-corrected chi connectivity index (χ1v) is 9.68. The molecule has 4 heteroatoms. The lowest BCUT2D eigenvalue weighted by molar-refractivity contribution is -0.151. The third-order valence-electron chi connectivity index (χ3n) is 4.81. The fourth-order valence-electron chi connectivity index (χ4n) is 3.51. The summed E-state index contributed by atoms with van der Waals surface area (Å²) in [5.74, 6) is -0.295. The monoisotopic (exact) mass is 377 g/mol. The van der Waals surface area contributed by atoms with Crippen molar-refractivity contribution in [2.45, 2.75) is 18.9 Å². The lowest BCUT2D eigenvalue weighted by Crippen LogP contribution is -2.27. The maximum atomic E-state index is 11.9. The van der Waals surface area contributed by atoms with Gasteiger partial charge < -0.3 is 14.8 Å². The molecule has 0 saturated heterocycles. The van der Waals surface area contributed by atoms with Crippen LogP contribution in [0.4, 0.5) is 0 Å². The van der Waals surface area contributed by atoms with Crippen LogP contribution in [-0.4, -0.2) is 32.8 Å². The van der Waals surface area contributed by atoms with E-state index < -0.39 is 0 Å². The van der Waals surface area contributed by atoms with E-state index in [0.29, 0.717) is 6.61 Å². The Morgan fingerprint density at radius 3 is 2.36 bits per heavy atom. The van der Waals surface area contributed by atoms with E-state index in [9.17, 15) is 4.79 Å². The highest BCUT2D eigenvalue weighted by Crippen LogP contribution is 2.35. The molecule has 0 aromatic heterocycles. The summed E-state index contributed by atoms with van der Waals surface area (Å²) in [5, 5.41) is 5.68. The van der Waals surface area contributed by atoms with Crippen molar-refractivity contribution in [2.75, 3.05) is 26.8 Å². The normalized spacial score (nSPS) is 13.2. The predicted molar refractivity (Wildman–Crippen MR) is 112 cm³/mol. The van der Waals surface area contributed by atoms with Crippen LogP contribution in [0.1, 0.15) is 30.1 Å². The molecule has 2 atom stereocenters. The van der Waals surface area contributed by atoms with Crippen LogP contribution in [0.25, 0.3) is 10.8 Å². The van der Waals surface area contributed by atoms with Crippen LogP contribution >= 0.6 is 0 Å². The van der Waals surface area contributed by atoms with Crippen molar-refractivity contribution < 1.29 is 14.3 Å². The molecule has 0 aliphatic rings. The summed E-state index contributed by atoms with van der Waals surface area (Å²) >= 11 is 0. The van der Waals surface area contributed by atoms with Gasteiger partial charge in [0.2, 0.25) is 0 Å². The Kier molecular flexibility index (Phi) is 7.18. The number of ether oxygens (including phenoxy) is 2. The van der Waals surface area contributed by atoms with Crippen LogP contribution in [0.2, 0.25) is 0 Å². The molecule has 0 amide bonds. The van der Waals surface area contributed by atoms with Gasteiger partial charge in [-0.05, 0) is 35.9 Å². The van der Waals surface area contributed by atoms with Gasteiger partial charge in [-0.2, -0.15) is 0 Å². The molecule has 0 heterocycles. The number of carbonyl (C=O) groups excluding carboxylic acids is 1. The summed E-state index contributed by atoms with van der Waals surface area (Å²) < 4.78 is 11.2. The molecule has 0 aliphatic heterocycles. The van der Waals surface area contributed by atoms with Crippen molar-refractivity contribution in [3.63, 3.8) is 0 Å². The van der Waals surface area contributed by atoms with E-state index in [4.69, 9.17) is 9.47 Å². The molecule has 4 nitrogen and oxygen atoms in total. The first-order chi connectivity index (χ1) is 13.7. The highest BCUT2D eigenvalue weighted by atomic mass is 16.6. The van der Waals surface area contributed by atoms with Crippen LogP contribution in [-0.2, 0) is 14.3 Å². The molecule has 3 rings (SSSR count). The Morgan fingerprint density at radius 1 is 0.929 bits per heavy atom. The van der Waals surface area contributed by atoms with Crippen molar-refractivity contribution >= 4 is 16.7 Å². The zero-order valence-electron chi connectivity index (χ0n) is 16.4. The number of fused-ring (bicyclic) bond motifs is 1. The number of hydrogen-bond donors (Lipinski definition) is 1. The van der Waals surface area contributed by atoms with Gasteiger partial charge in [0.1, 0.15) is 6.61 Å². The topological polar surface area (TPSA) is 47.6 Å². The zero-order chi connectivity index (χ0) is 19.8. The fraction of sp³-hybridized carbons (Fsp3) is 0.292. The molecule has 0 fully saturated rings. The Labute approximate surface area is 166 Å². The van der Waals surface area contributed by atoms with Gasteiger partial charge in [-0.3, -0.25) is 0 Å².